The number of piperidine rings is 1. The fraction of sp³-hybridized carbons (Fsp3) is 0.533. The minimum Gasteiger partial charge on any atom is -0.314 e. The lowest BCUT2D eigenvalue weighted by Gasteiger charge is -2.37. The highest BCUT2D eigenvalue weighted by atomic mass is 16.2. The van der Waals surface area contributed by atoms with E-state index in [-0.39, 0.29) is 5.41 Å². The molecule has 1 aromatic rings. The third-order valence-corrected chi connectivity index (χ3v) is 4.65. The summed E-state index contributed by atoms with van der Waals surface area (Å²) in [5.74, 6) is 0.291. The molecule has 0 radical (unpaired) electrons. The van der Waals surface area contributed by atoms with Gasteiger partial charge in [-0.15, -0.1) is 0 Å². The largest absolute Gasteiger partial charge is 0.314 e. The van der Waals surface area contributed by atoms with E-state index in [2.05, 4.69) is 30.0 Å². The maximum Gasteiger partial charge on any atom is 0.237 e. The Balaban J connectivity index is 2.00. The van der Waals surface area contributed by atoms with Gasteiger partial charge in [0.15, 0.2) is 0 Å². The molecule has 3 heteroatoms. The summed E-state index contributed by atoms with van der Waals surface area (Å²) in [6, 6.07) is 8.27. The number of hydrogen-bond donors (Lipinski definition) is 0. The number of para-hydroxylation sites is 1. The molecule has 0 atom stereocenters. The van der Waals surface area contributed by atoms with Crippen molar-refractivity contribution in [3.63, 3.8) is 0 Å². The second-order valence-electron chi connectivity index (χ2n) is 5.40. The van der Waals surface area contributed by atoms with E-state index < -0.39 is 0 Å². The second-order valence-corrected chi connectivity index (χ2v) is 5.40. The Morgan fingerprint density at radius 2 is 1.89 bits per heavy atom. The number of rotatable bonds is 1. The van der Waals surface area contributed by atoms with Crippen molar-refractivity contribution in [2.45, 2.75) is 25.2 Å². The number of hydrogen-bond acceptors (Lipinski definition) is 2. The summed E-state index contributed by atoms with van der Waals surface area (Å²) in [5, 5.41) is 0. The SMILES string of the molecule is CCN1CCC2(CC1)C(=O)N(C)c1ccccc12. The zero-order chi connectivity index (χ0) is 12.8. The first kappa shape index (κ1) is 11.7. The number of anilines is 1. The molecule has 3 rings (SSSR count). The summed E-state index contributed by atoms with van der Waals surface area (Å²) in [6.07, 6.45) is 1.92. The van der Waals surface area contributed by atoms with Crippen LogP contribution in [0.25, 0.3) is 0 Å². The minimum atomic E-state index is -0.239. The van der Waals surface area contributed by atoms with E-state index in [1.54, 1.807) is 0 Å². The van der Waals surface area contributed by atoms with Crippen LogP contribution >= 0.6 is 0 Å². The number of carbonyl (C=O) groups excluding carboxylic acids is 1. The molecule has 3 nitrogen and oxygen atoms in total. The van der Waals surface area contributed by atoms with Crippen LogP contribution in [-0.4, -0.2) is 37.5 Å². The van der Waals surface area contributed by atoms with E-state index in [0.717, 1.165) is 38.2 Å². The lowest BCUT2D eigenvalue weighted by Crippen LogP contribution is -2.47. The van der Waals surface area contributed by atoms with Gasteiger partial charge in [-0.2, -0.15) is 0 Å². The van der Waals surface area contributed by atoms with Gasteiger partial charge in [0, 0.05) is 12.7 Å². The lowest BCUT2D eigenvalue weighted by molar-refractivity contribution is -0.124. The van der Waals surface area contributed by atoms with Crippen LogP contribution in [-0.2, 0) is 10.2 Å². The van der Waals surface area contributed by atoms with E-state index >= 15 is 0 Å². The molecule has 0 aromatic heterocycles. The van der Waals surface area contributed by atoms with Crippen molar-refractivity contribution in [1.29, 1.82) is 0 Å². The Labute approximate surface area is 108 Å². The zero-order valence-corrected chi connectivity index (χ0v) is 11.1. The summed E-state index contributed by atoms with van der Waals surface area (Å²) >= 11 is 0. The molecule has 1 amide bonds. The Hall–Kier alpha value is -1.35. The molecule has 1 aromatic carbocycles. The van der Waals surface area contributed by atoms with E-state index in [1.807, 2.05) is 18.0 Å². The van der Waals surface area contributed by atoms with Gasteiger partial charge in [-0.1, -0.05) is 25.1 Å². The fourth-order valence-corrected chi connectivity index (χ4v) is 3.45. The molecule has 2 aliphatic rings. The van der Waals surface area contributed by atoms with Gasteiger partial charge in [-0.25, -0.2) is 0 Å². The highest BCUT2D eigenvalue weighted by Gasteiger charge is 2.50. The van der Waals surface area contributed by atoms with Crippen LogP contribution in [0.1, 0.15) is 25.3 Å². The third kappa shape index (κ3) is 1.43. The lowest BCUT2D eigenvalue weighted by atomic mass is 9.73. The van der Waals surface area contributed by atoms with Gasteiger partial charge in [-0.05, 0) is 44.1 Å². The monoisotopic (exact) mass is 244 g/mol. The average molecular weight is 244 g/mol. The molecule has 0 saturated carbocycles. The van der Waals surface area contributed by atoms with Gasteiger partial charge in [-0.3, -0.25) is 4.79 Å². The van der Waals surface area contributed by atoms with Gasteiger partial charge in [0.05, 0.1) is 5.41 Å². The van der Waals surface area contributed by atoms with Crippen molar-refractivity contribution in [2.75, 3.05) is 31.6 Å². The Kier molecular flexibility index (Phi) is 2.67. The van der Waals surface area contributed by atoms with E-state index in [4.69, 9.17) is 0 Å². The minimum absolute atomic E-state index is 0.239. The topological polar surface area (TPSA) is 23.6 Å². The number of likely N-dealkylation sites (tertiary alicyclic amines) is 1. The summed E-state index contributed by atoms with van der Waals surface area (Å²) in [6.45, 7) is 5.34. The molecule has 0 aliphatic carbocycles. The van der Waals surface area contributed by atoms with Crippen molar-refractivity contribution < 1.29 is 4.79 Å². The molecule has 0 bridgehead atoms. The van der Waals surface area contributed by atoms with Crippen molar-refractivity contribution in [2.24, 2.45) is 0 Å². The quantitative estimate of drug-likeness (QED) is 0.754. The molecule has 1 spiro atoms. The van der Waals surface area contributed by atoms with Crippen molar-refractivity contribution in [3.8, 4) is 0 Å². The first-order valence-corrected chi connectivity index (χ1v) is 6.79. The van der Waals surface area contributed by atoms with Crippen LogP contribution in [0.2, 0.25) is 0 Å². The maximum atomic E-state index is 12.6. The molecule has 18 heavy (non-hydrogen) atoms. The van der Waals surface area contributed by atoms with Crippen molar-refractivity contribution in [1.82, 2.24) is 4.90 Å². The van der Waals surface area contributed by atoms with Crippen LogP contribution < -0.4 is 4.90 Å². The number of fused-ring (bicyclic) bond motifs is 2. The van der Waals surface area contributed by atoms with Crippen LogP contribution in [0.3, 0.4) is 0 Å². The summed E-state index contributed by atoms with van der Waals surface area (Å²) in [7, 11) is 1.90. The molecular formula is C15H20N2O. The van der Waals surface area contributed by atoms with Crippen molar-refractivity contribution >= 4 is 11.6 Å². The number of benzene rings is 1. The normalized spacial score (nSPS) is 22.6. The number of amides is 1. The Morgan fingerprint density at radius 1 is 1.22 bits per heavy atom. The number of likely N-dealkylation sites (N-methyl/N-ethyl adjacent to an activating group) is 1. The number of nitrogens with zero attached hydrogens (tertiary/aromatic N) is 2. The van der Waals surface area contributed by atoms with Crippen molar-refractivity contribution in [3.05, 3.63) is 29.8 Å². The van der Waals surface area contributed by atoms with Crippen LogP contribution in [0, 0.1) is 0 Å². The van der Waals surface area contributed by atoms with Gasteiger partial charge in [0.1, 0.15) is 0 Å². The molecule has 2 aliphatic heterocycles. The predicted octanol–water partition coefficient (Wildman–Crippen LogP) is 2.02. The van der Waals surface area contributed by atoms with Gasteiger partial charge in [0.2, 0.25) is 5.91 Å². The van der Waals surface area contributed by atoms with Crippen LogP contribution in [0.4, 0.5) is 5.69 Å². The van der Waals surface area contributed by atoms with Gasteiger partial charge < -0.3 is 9.80 Å². The molecule has 2 heterocycles. The molecule has 96 valence electrons. The van der Waals surface area contributed by atoms with E-state index in [1.165, 1.54) is 5.56 Å². The average Bonchev–Trinajstić information content (AvgIpc) is 2.64. The number of carbonyl (C=O) groups is 1. The zero-order valence-electron chi connectivity index (χ0n) is 11.1. The third-order valence-electron chi connectivity index (χ3n) is 4.65. The standard InChI is InChI=1S/C15H20N2O/c1-3-17-10-8-15(9-11-17)12-6-4-5-7-13(12)16(2)14(15)18/h4-7H,3,8-11H2,1-2H3. The fourth-order valence-electron chi connectivity index (χ4n) is 3.45. The Bertz CT molecular complexity index is 475. The van der Waals surface area contributed by atoms with Crippen LogP contribution in [0.5, 0.6) is 0 Å². The summed E-state index contributed by atoms with van der Waals surface area (Å²) in [5.41, 5.74) is 2.11. The first-order valence-electron chi connectivity index (χ1n) is 6.79. The highest BCUT2D eigenvalue weighted by molar-refractivity contribution is 6.07. The van der Waals surface area contributed by atoms with Gasteiger partial charge >= 0.3 is 0 Å². The molecular weight excluding hydrogens is 224 g/mol. The molecule has 1 fully saturated rings. The molecule has 0 N–H and O–H groups in total. The molecule has 1 saturated heterocycles. The first-order chi connectivity index (χ1) is 8.69. The van der Waals surface area contributed by atoms with E-state index in [9.17, 15) is 4.79 Å². The highest BCUT2D eigenvalue weighted by Crippen LogP contribution is 2.47. The summed E-state index contributed by atoms with van der Waals surface area (Å²) < 4.78 is 0. The summed E-state index contributed by atoms with van der Waals surface area (Å²) in [4.78, 5) is 16.9. The van der Waals surface area contributed by atoms with Crippen LogP contribution in [0.15, 0.2) is 24.3 Å². The second kappa shape index (κ2) is 4.09. The predicted molar refractivity (Wildman–Crippen MR) is 72.9 cm³/mol. The Morgan fingerprint density at radius 3 is 2.56 bits per heavy atom. The molecule has 0 unspecified atom stereocenters. The maximum absolute atomic E-state index is 12.6. The van der Waals surface area contributed by atoms with E-state index in [0.29, 0.717) is 5.91 Å². The smallest absolute Gasteiger partial charge is 0.237 e. The van der Waals surface area contributed by atoms with Gasteiger partial charge in [0.25, 0.3) is 0 Å².